The molecule has 2 amide bonds. The molecular formula is C19H25N3O3. The van der Waals surface area contributed by atoms with E-state index in [0.29, 0.717) is 17.9 Å². The fraction of sp³-hybridized carbons (Fsp3) is 0.368. The summed E-state index contributed by atoms with van der Waals surface area (Å²) in [5.74, 6) is 0.189. The maximum absolute atomic E-state index is 12.3. The van der Waals surface area contributed by atoms with Crippen molar-refractivity contribution in [3.05, 3.63) is 53.3 Å². The van der Waals surface area contributed by atoms with Crippen LogP contribution in [0, 0.1) is 13.8 Å². The summed E-state index contributed by atoms with van der Waals surface area (Å²) in [6.07, 6.45) is 0.291. The highest BCUT2D eigenvalue weighted by Gasteiger charge is 2.14. The minimum absolute atomic E-state index is 0.151. The first-order valence-corrected chi connectivity index (χ1v) is 8.43. The summed E-state index contributed by atoms with van der Waals surface area (Å²) in [5, 5.41) is 2.79. The summed E-state index contributed by atoms with van der Waals surface area (Å²) in [6, 6.07) is 10.6. The molecule has 0 spiro atoms. The first-order chi connectivity index (χ1) is 11.9. The standard InChI is InChI=1S/C19H25N3O3/c1-5-12-20-18(23)15(4)25-17-10-8-16(9-11-17)19(24)21-22-13(2)6-7-14(22)3/h6-11,15H,5,12H2,1-4H3,(H,20,23)(H,21,24)/t15-/m0/s1. The zero-order valence-electron chi connectivity index (χ0n) is 15.1. The van der Waals surface area contributed by atoms with Crippen LogP contribution in [0.25, 0.3) is 0 Å². The Morgan fingerprint density at radius 3 is 2.24 bits per heavy atom. The lowest BCUT2D eigenvalue weighted by Gasteiger charge is -2.15. The number of carbonyl (C=O) groups is 2. The molecule has 0 aliphatic carbocycles. The van der Waals surface area contributed by atoms with Gasteiger partial charge in [-0.05, 0) is 63.6 Å². The van der Waals surface area contributed by atoms with Crippen molar-refractivity contribution in [3.63, 3.8) is 0 Å². The lowest BCUT2D eigenvalue weighted by molar-refractivity contribution is -0.127. The van der Waals surface area contributed by atoms with E-state index in [0.717, 1.165) is 17.8 Å². The number of nitrogens with one attached hydrogen (secondary N) is 2. The molecule has 0 fully saturated rings. The molecule has 0 saturated carbocycles. The number of hydrogen-bond acceptors (Lipinski definition) is 3. The van der Waals surface area contributed by atoms with Crippen molar-refractivity contribution in [2.24, 2.45) is 0 Å². The molecule has 6 nitrogen and oxygen atoms in total. The van der Waals surface area contributed by atoms with Crippen LogP contribution in [0.1, 0.15) is 42.0 Å². The predicted octanol–water partition coefficient (Wildman–Crippen LogP) is 2.78. The molecular weight excluding hydrogens is 318 g/mol. The molecule has 0 aliphatic rings. The molecule has 1 aromatic carbocycles. The summed E-state index contributed by atoms with van der Waals surface area (Å²) in [4.78, 5) is 24.2. The molecule has 0 radical (unpaired) electrons. The molecule has 0 saturated heterocycles. The van der Waals surface area contributed by atoms with Crippen LogP contribution in [0.5, 0.6) is 5.75 Å². The lowest BCUT2D eigenvalue weighted by Crippen LogP contribution is -2.36. The van der Waals surface area contributed by atoms with Gasteiger partial charge in [0.15, 0.2) is 6.10 Å². The van der Waals surface area contributed by atoms with Crippen molar-refractivity contribution in [2.75, 3.05) is 12.0 Å². The van der Waals surface area contributed by atoms with Crippen LogP contribution in [0.15, 0.2) is 36.4 Å². The second-order valence-corrected chi connectivity index (χ2v) is 5.97. The van der Waals surface area contributed by atoms with E-state index in [9.17, 15) is 9.59 Å². The Labute approximate surface area is 148 Å². The van der Waals surface area contributed by atoms with E-state index in [1.165, 1.54) is 0 Å². The number of aromatic nitrogens is 1. The number of aryl methyl sites for hydroxylation is 2. The first-order valence-electron chi connectivity index (χ1n) is 8.43. The highest BCUT2D eigenvalue weighted by Crippen LogP contribution is 2.15. The van der Waals surface area contributed by atoms with Crippen molar-refractivity contribution >= 4 is 11.8 Å². The topological polar surface area (TPSA) is 72.4 Å². The highest BCUT2D eigenvalue weighted by atomic mass is 16.5. The molecule has 6 heteroatoms. The van der Waals surface area contributed by atoms with E-state index in [-0.39, 0.29) is 11.8 Å². The Morgan fingerprint density at radius 1 is 1.08 bits per heavy atom. The van der Waals surface area contributed by atoms with Crippen LogP contribution in [-0.4, -0.2) is 29.1 Å². The van der Waals surface area contributed by atoms with E-state index in [2.05, 4.69) is 10.7 Å². The van der Waals surface area contributed by atoms with Crippen LogP contribution in [0.4, 0.5) is 0 Å². The van der Waals surface area contributed by atoms with Gasteiger partial charge in [0.25, 0.3) is 11.8 Å². The van der Waals surface area contributed by atoms with Gasteiger partial charge >= 0.3 is 0 Å². The Morgan fingerprint density at radius 2 is 1.68 bits per heavy atom. The van der Waals surface area contributed by atoms with Crippen LogP contribution < -0.4 is 15.5 Å². The lowest BCUT2D eigenvalue weighted by atomic mass is 10.2. The van der Waals surface area contributed by atoms with Crippen molar-refractivity contribution < 1.29 is 14.3 Å². The summed E-state index contributed by atoms with van der Waals surface area (Å²) in [5.41, 5.74) is 5.28. The predicted molar refractivity (Wildman–Crippen MR) is 97.4 cm³/mol. The van der Waals surface area contributed by atoms with Crippen LogP contribution in [0.3, 0.4) is 0 Å². The Balaban J connectivity index is 1.97. The average molecular weight is 343 g/mol. The molecule has 1 aromatic heterocycles. The quantitative estimate of drug-likeness (QED) is 0.812. The normalized spacial score (nSPS) is 11.7. The fourth-order valence-electron chi connectivity index (χ4n) is 2.35. The largest absolute Gasteiger partial charge is 0.481 e. The maximum Gasteiger partial charge on any atom is 0.270 e. The average Bonchev–Trinajstić information content (AvgIpc) is 2.92. The Kier molecular flexibility index (Phi) is 6.22. The summed E-state index contributed by atoms with van der Waals surface area (Å²) in [6.45, 7) is 8.17. The summed E-state index contributed by atoms with van der Waals surface area (Å²) >= 11 is 0. The molecule has 134 valence electrons. The molecule has 2 rings (SSSR count). The molecule has 2 aromatic rings. The van der Waals surface area contributed by atoms with Crippen LogP contribution >= 0.6 is 0 Å². The van der Waals surface area contributed by atoms with Crippen molar-refractivity contribution in [1.82, 2.24) is 9.99 Å². The number of hydrogen-bond donors (Lipinski definition) is 2. The van der Waals surface area contributed by atoms with Gasteiger partial charge in [-0.15, -0.1) is 0 Å². The third-order valence-corrected chi connectivity index (χ3v) is 3.83. The number of carbonyl (C=O) groups excluding carboxylic acids is 2. The monoisotopic (exact) mass is 343 g/mol. The number of benzene rings is 1. The van der Waals surface area contributed by atoms with Gasteiger partial charge in [-0.2, -0.15) is 0 Å². The SMILES string of the molecule is CCCNC(=O)[C@H](C)Oc1ccc(C(=O)Nn2c(C)ccc2C)cc1. The van der Waals surface area contributed by atoms with E-state index in [1.807, 2.05) is 32.9 Å². The minimum Gasteiger partial charge on any atom is -0.481 e. The molecule has 0 bridgehead atoms. The van der Waals surface area contributed by atoms with Crippen LogP contribution in [0.2, 0.25) is 0 Å². The van der Waals surface area contributed by atoms with Crippen molar-refractivity contribution in [2.45, 2.75) is 40.2 Å². The molecule has 0 aliphatic heterocycles. The second kappa shape index (κ2) is 8.37. The molecule has 2 N–H and O–H groups in total. The molecule has 1 atom stereocenters. The smallest absolute Gasteiger partial charge is 0.270 e. The van der Waals surface area contributed by atoms with E-state index < -0.39 is 6.10 Å². The highest BCUT2D eigenvalue weighted by molar-refractivity contribution is 6.00. The fourth-order valence-corrected chi connectivity index (χ4v) is 2.35. The molecule has 25 heavy (non-hydrogen) atoms. The number of rotatable bonds is 7. The van der Waals surface area contributed by atoms with Gasteiger partial charge in [0.2, 0.25) is 0 Å². The molecule has 0 unspecified atom stereocenters. The third kappa shape index (κ3) is 4.86. The number of amides is 2. The van der Waals surface area contributed by atoms with E-state index in [1.54, 1.807) is 35.9 Å². The first kappa shape index (κ1) is 18.6. The van der Waals surface area contributed by atoms with Crippen LogP contribution in [-0.2, 0) is 4.79 Å². The minimum atomic E-state index is -0.587. The maximum atomic E-state index is 12.3. The number of ether oxygens (including phenoxy) is 1. The van der Waals surface area contributed by atoms with Crippen molar-refractivity contribution in [3.8, 4) is 5.75 Å². The second-order valence-electron chi connectivity index (χ2n) is 5.97. The molecule has 1 heterocycles. The summed E-state index contributed by atoms with van der Waals surface area (Å²) in [7, 11) is 0. The zero-order chi connectivity index (χ0) is 18.4. The third-order valence-electron chi connectivity index (χ3n) is 3.83. The van der Waals surface area contributed by atoms with Gasteiger partial charge in [0.05, 0.1) is 0 Å². The number of nitrogens with zero attached hydrogens (tertiary/aromatic N) is 1. The van der Waals surface area contributed by atoms with E-state index in [4.69, 9.17) is 4.74 Å². The Hall–Kier alpha value is -2.76. The summed E-state index contributed by atoms with van der Waals surface area (Å²) < 4.78 is 7.35. The van der Waals surface area contributed by atoms with Gasteiger partial charge in [0, 0.05) is 23.5 Å². The van der Waals surface area contributed by atoms with Gasteiger partial charge in [-0.3, -0.25) is 19.7 Å². The van der Waals surface area contributed by atoms with Gasteiger partial charge in [-0.25, -0.2) is 0 Å². The van der Waals surface area contributed by atoms with Gasteiger partial charge in [0.1, 0.15) is 5.75 Å². The Bertz CT molecular complexity index is 715. The van der Waals surface area contributed by atoms with Crippen molar-refractivity contribution in [1.29, 1.82) is 0 Å². The van der Waals surface area contributed by atoms with Gasteiger partial charge < -0.3 is 10.1 Å². The van der Waals surface area contributed by atoms with E-state index >= 15 is 0 Å². The zero-order valence-corrected chi connectivity index (χ0v) is 15.1. The van der Waals surface area contributed by atoms with Gasteiger partial charge in [-0.1, -0.05) is 6.92 Å².